The molecule has 1 spiro atoms. The monoisotopic (exact) mass is 489 g/mol. The molecule has 0 bridgehead atoms. The van der Waals surface area contributed by atoms with Crippen LogP contribution in [0.15, 0.2) is 17.5 Å². The molecule has 3 heterocycles. The summed E-state index contributed by atoms with van der Waals surface area (Å²) in [5.41, 5.74) is 6.06. The van der Waals surface area contributed by atoms with Gasteiger partial charge in [0.2, 0.25) is 11.8 Å². The van der Waals surface area contributed by atoms with Crippen LogP contribution in [0.3, 0.4) is 0 Å². The zero-order valence-corrected chi connectivity index (χ0v) is 20.9. The van der Waals surface area contributed by atoms with Gasteiger partial charge in [-0.1, -0.05) is 12.5 Å². The SMILES string of the molecule is NCCCCCC(=O)N1CC[C@@H](NC(=O)N2CCC3(CC2)CC3)[C@@H](C(=O)NCc2cccs2)C1. The maximum Gasteiger partial charge on any atom is 0.317 e. The highest BCUT2D eigenvalue weighted by Crippen LogP contribution is 2.53. The molecule has 188 valence electrons. The molecule has 1 aliphatic carbocycles. The first-order valence-corrected chi connectivity index (χ1v) is 13.7. The summed E-state index contributed by atoms with van der Waals surface area (Å²) in [5.74, 6) is -0.469. The summed E-state index contributed by atoms with van der Waals surface area (Å²) in [6.45, 7) is 3.61. The highest BCUT2D eigenvalue weighted by atomic mass is 32.1. The van der Waals surface area contributed by atoms with E-state index >= 15 is 0 Å². The van der Waals surface area contributed by atoms with Gasteiger partial charge in [-0.05, 0) is 68.4 Å². The molecule has 4 rings (SSSR count). The Morgan fingerprint density at radius 2 is 1.85 bits per heavy atom. The molecule has 0 unspecified atom stereocenters. The summed E-state index contributed by atoms with van der Waals surface area (Å²) in [6, 6.07) is 3.61. The Labute approximate surface area is 206 Å². The van der Waals surface area contributed by atoms with Crippen molar-refractivity contribution in [2.45, 2.75) is 70.4 Å². The van der Waals surface area contributed by atoms with Gasteiger partial charge in [0.25, 0.3) is 0 Å². The first kappa shape index (κ1) is 25.0. The molecule has 3 aliphatic rings. The molecule has 0 aromatic carbocycles. The zero-order chi connectivity index (χ0) is 24.0. The van der Waals surface area contributed by atoms with E-state index in [1.165, 1.54) is 12.8 Å². The Bertz CT molecular complexity index is 832. The predicted molar refractivity (Wildman–Crippen MR) is 133 cm³/mol. The number of carbonyl (C=O) groups excluding carboxylic acids is 3. The van der Waals surface area contributed by atoms with Gasteiger partial charge in [0.15, 0.2) is 0 Å². The number of rotatable bonds is 9. The lowest BCUT2D eigenvalue weighted by Gasteiger charge is -2.40. The highest BCUT2D eigenvalue weighted by molar-refractivity contribution is 7.09. The van der Waals surface area contributed by atoms with Crippen molar-refractivity contribution < 1.29 is 14.4 Å². The number of urea groups is 1. The van der Waals surface area contributed by atoms with Crippen LogP contribution < -0.4 is 16.4 Å². The van der Waals surface area contributed by atoms with Gasteiger partial charge in [-0.25, -0.2) is 4.79 Å². The van der Waals surface area contributed by atoms with Crippen molar-refractivity contribution in [3.05, 3.63) is 22.4 Å². The van der Waals surface area contributed by atoms with Gasteiger partial charge in [-0.3, -0.25) is 9.59 Å². The molecule has 1 saturated carbocycles. The number of nitrogens with zero attached hydrogens (tertiary/aromatic N) is 2. The second-order valence-electron chi connectivity index (χ2n) is 10.2. The van der Waals surface area contributed by atoms with E-state index in [1.54, 1.807) is 16.2 Å². The van der Waals surface area contributed by atoms with Crippen molar-refractivity contribution in [3.63, 3.8) is 0 Å². The van der Waals surface area contributed by atoms with Crippen molar-refractivity contribution in [3.8, 4) is 0 Å². The molecule has 2 saturated heterocycles. The third-order valence-electron chi connectivity index (χ3n) is 7.79. The zero-order valence-electron chi connectivity index (χ0n) is 20.1. The van der Waals surface area contributed by atoms with Gasteiger partial charge in [0.1, 0.15) is 0 Å². The Morgan fingerprint density at radius 3 is 2.53 bits per heavy atom. The van der Waals surface area contributed by atoms with E-state index in [9.17, 15) is 14.4 Å². The molecular formula is C25H39N5O3S. The van der Waals surface area contributed by atoms with E-state index in [1.807, 2.05) is 22.4 Å². The van der Waals surface area contributed by atoms with Gasteiger partial charge >= 0.3 is 6.03 Å². The molecule has 0 radical (unpaired) electrons. The summed E-state index contributed by atoms with van der Waals surface area (Å²) < 4.78 is 0. The van der Waals surface area contributed by atoms with Crippen LogP contribution >= 0.6 is 11.3 Å². The predicted octanol–water partition coefficient (Wildman–Crippen LogP) is 2.69. The van der Waals surface area contributed by atoms with Gasteiger partial charge in [-0.2, -0.15) is 0 Å². The normalized spacial score (nSPS) is 23.6. The van der Waals surface area contributed by atoms with E-state index in [0.717, 1.165) is 50.1 Å². The third-order valence-corrected chi connectivity index (χ3v) is 8.67. The summed E-state index contributed by atoms with van der Waals surface area (Å²) in [4.78, 5) is 43.8. The van der Waals surface area contributed by atoms with Gasteiger partial charge in [0, 0.05) is 43.5 Å². The molecule has 9 heteroatoms. The van der Waals surface area contributed by atoms with E-state index in [-0.39, 0.29) is 23.9 Å². The minimum Gasteiger partial charge on any atom is -0.351 e. The molecule has 4 N–H and O–H groups in total. The first-order valence-electron chi connectivity index (χ1n) is 12.8. The summed E-state index contributed by atoms with van der Waals surface area (Å²) in [7, 11) is 0. The van der Waals surface area contributed by atoms with Crippen molar-refractivity contribution in [2.75, 3.05) is 32.7 Å². The van der Waals surface area contributed by atoms with Crippen molar-refractivity contribution in [2.24, 2.45) is 17.1 Å². The average molecular weight is 490 g/mol. The van der Waals surface area contributed by atoms with E-state index in [0.29, 0.717) is 44.4 Å². The number of thiophene rings is 1. The Hall–Kier alpha value is -2.13. The van der Waals surface area contributed by atoms with Crippen LogP contribution in [0.25, 0.3) is 0 Å². The van der Waals surface area contributed by atoms with E-state index in [2.05, 4.69) is 10.6 Å². The molecule has 2 atom stereocenters. The lowest BCUT2D eigenvalue weighted by molar-refractivity contribution is -0.136. The number of nitrogens with two attached hydrogens (primary N) is 1. The molecule has 34 heavy (non-hydrogen) atoms. The van der Waals surface area contributed by atoms with Crippen LogP contribution in [0, 0.1) is 11.3 Å². The molecular weight excluding hydrogens is 450 g/mol. The maximum absolute atomic E-state index is 13.2. The molecule has 8 nitrogen and oxygen atoms in total. The average Bonchev–Trinajstić information content (AvgIpc) is 3.38. The molecule has 3 fully saturated rings. The van der Waals surface area contributed by atoms with Gasteiger partial charge in [0.05, 0.1) is 12.5 Å². The Morgan fingerprint density at radius 1 is 1.06 bits per heavy atom. The van der Waals surface area contributed by atoms with Crippen LogP contribution in [-0.2, 0) is 16.1 Å². The lowest BCUT2D eigenvalue weighted by atomic mass is 9.90. The van der Waals surface area contributed by atoms with E-state index < -0.39 is 5.92 Å². The number of nitrogens with one attached hydrogen (secondary N) is 2. The first-order chi connectivity index (χ1) is 16.5. The molecule has 2 aliphatic heterocycles. The number of carbonyl (C=O) groups is 3. The molecule has 1 aromatic rings. The lowest BCUT2D eigenvalue weighted by Crippen LogP contribution is -2.59. The topological polar surface area (TPSA) is 108 Å². The van der Waals surface area contributed by atoms with E-state index in [4.69, 9.17) is 5.73 Å². The smallest absolute Gasteiger partial charge is 0.317 e. The Balaban J connectivity index is 1.34. The van der Waals surface area contributed by atoms with Crippen molar-refractivity contribution in [1.29, 1.82) is 0 Å². The fourth-order valence-corrected chi connectivity index (χ4v) is 5.85. The number of hydrogen-bond acceptors (Lipinski definition) is 5. The van der Waals surface area contributed by atoms with Crippen LogP contribution in [0.1, 0.15) is 62.7 Å². The van der Waals surface area contributed by atoms with Crippen molar-refractivity contribution >= 4 is 29.2 Å². The number of unbranched alkanes of at least 4 members (excludes halogenated alkanes) is 2. The largest absolute Gasteiger partial charge is 0.351 e. The second-order valence-corrected chi connectivity index (χ2v) is 11.2. The van der Waals surface area contributed by atoms with Crippen LogP contribution in [0.4, 0.5) is 4.79 Å². The number of piperidine rings is 2. The molecule has 4 amide bonds. The highest BCUT2D eigenvalue weighted by Gasteiger charge is 2.45. The number of amides is 4. The fourth-order valence-electron chi connectivity index (χ4n) is 5.20. The summed E-state index contributed by atoms with van der Waals surface area (Å²) in [5, 5.41) is 8.17. The summed E-state index contributed by atoms with van der Waals surface area (Å²) in [6.07, 6.45) is 8.53. The van der Waals surface area contributed by atoms with Gasteiger partial charge in [-0.15, -0.1) is 11.3 Å². The van der Waals surface area contributed by atoms with Crippen molar-refractivity contribution in [1.82, 2.24) is 20.4 Å². The van der Waals surface area contributed by atoms with Crippen LogP contribution in [-0.4, -0.2) is 66.4 Å². The minimum atomic E-state index is -0.454. The number of likely N-dealkylation sites (tertiary alicyclic amines) is 2. The fraction of sp³-hybridized carbons (Fsp3) is 0.720. The second kappa shape index (κ2) is 11.5. The Kier molecular flexibility index (Phi) is 8.47. The minimum absolute atomic E-state index is 0.0712. The molecule has 1 aromatic heterocycles. The summed E-state index contributed by atoms with van der Waals surface area (Å²) >= 11 is 1.60. The standard InChI is InChI=1S/C25H39N5O3S/c26-12-3-1-2-6-22(31)30-13-7-21(20(18-30)23(32)27-17-19-5-4-16-34-19)28-24(33)29-14-10-25(8-9-25)11-15-29/h4-5,16,20-21H,1-3,6-15,17-18,26H2,(H,27,32)(H,28,33)/t20-,21+/m0/s1. The third kappa shape index (κ3) is 6.50. The van der Waals surface area contributed by atoms with Gasteiger partial charge < -0.3 is 26.2 Å². The maximum atomic E-state index is 13.2. The van der Waals surface area contributed by atoms with Crippen LogP contribution in [0.2, 0.25) is 0 Å². The van der Waals surface area contributed by atoms with Crippen LogP contribution in [0.5, 0.6) is 0 Å². The quantitative estimate of drug-likeness (QED) is 0.464. The number of hydrogen-bond donors (Lipinski definition) is 3.